The van der Waals surface area contributed by atoms with E-state index < -0.39 is 0 Å². The monoisotopic (exact) mass is 211 g/mol. The summed E-state index contributed by atoms with van der Waals surface area (Å²) in [6.45, 7) is 7.59. The summed E-state index contributed by atoms with van der Waals surface area (Å²) in [4.78, 5) is 5.19. The molecule has 1 aliphatic heterocycles. The summed E-state index contributed by atoms with van der Waals surface area (Å²) < 4.78 is 0. The molecule has 0 saturated heterocycles. The third-order valence-corrected chi connectivity index (χ3v) is 3.43. The molecule has 2 heteroatoms. The van der Waals surface area contributed by atoms with Crippen LogP contribution in [0.1, 0.15) is 52.9 Å². The Kier molecular flexibility index (Phi) is 5.77. The zero-order chi connectivity index (χ0) is 11.1. The lowest BCUT2D eigenvalue weighted by Crippen LogP contribution is -2.18. The molecule has 0 spiro atoms. The summed E-state index contributed by atoms with van der Waals surface area (Å²) in [6, 6.07) is 0. The van der Waals surface area contributed by atoms with Crippen LogP contribution in [-0.2, 0) is 4.84 Å². The zero-order valence-corrected chi connectivity index (χ0v) is 10.4. The van der Waals surface area contributed by atoms with Gasteiger partial charge < -0.3 is 0 Å². The maximum atomic E-state index is 5.19. The summed E-state index contributed by atoms with van der Waals surface area (Å²) in [5.41, 5.74) is 4.38. The SMILES string of the molecule is CCCC(CC(CC)CC)C1=CCON1. The van der Waals surface area contributed by atoms with Crippen LogP contribution in [0.2, 0.25) is 0 Å². The molecule has 1 rings (SSSR count). The predicted molar refractivity (Wildman–Crippen MR) is 64.3 cm³/mol. The minimum Gasteiger partial charge on any atom is -0.272 e. The van der Waals surface area contributed by atoms with Crippen molar-refractivity contribution in [1.82, 2.24) is 5.48 Å². The molecule has 1 atom stereocenters. The molecule has 0 saturated carbocycles. The smallest absolute Gasteiger partial charge is 0.0947 e. The van der Waals surface area contributed by atoms with Crippen molar-refractivity contribution in [1.29, 1.82) is 0 Å². The molecule has 15 heavy (non-hydrogen) atoms. The van der Waals surface area contributed by atoms with Gasteiger partial charge in [-0.3, -0.25) is 10.3 Å². The molecule has 0 radical (unpaired) electrons. The van der Waals surface area contributed by atoms with E-state index in [1.54, 1.807) is 0 Å². The van der Waals surface area contributed by atoms with Crippen LogP contribution in [0.3, 0.4) is 0 Å². The first-order valence-corrected chi connectivity index (χ1v) is 6.39. The summed E-state index contributed by atoms with van der Waals surface area (Å²) in [7, 11) is 0. The Morgan fingerprint density at radius 1 is 1.33 bits per heavy atom. The van der Waals surface area contributed by atoms with Crippen molar-refractivity contribution >= 4 is 0 Å². The highest BCUT2D eigenvalue weighted by atomic mass is 16.6. The summed E-state index contributed by atoms with van der Waals surface area (Å²) in [5, 5.41) is 0. The molecule has 0 aromatic rings. The number of allylic oxidation sites excluding steroid dienone is 1. The van der Waals surface area contributed by atoms with E-state index in [0.29, 0.717) is 5.92 Å². The van der Waals surface area contributed by atoms with Crippen LogP contribution >= 0.6 is 0 Å². The molecular formula is C13H25NO. The average molecular weight is 211 g/mol. The topological polar surface area (TPSA) is 21.3 Å². The molecule has 1 N–H and O–H groups in total. The van der Waals surface area contributed by atoms with Crippen molar-refractivity contribution in [3.05, 3.63) is 11.8 Å². The number of rotatable bonds is 7. The molecule has 1 heterocycles. The Balaban J connectivity index is 2.49. The van der Waals surface area contributed by atoms with E-state index in [9.17, 15) is 0 Å². The van der Waals surface area contributed by atoms with Gasteiger partial charge in [0.1, 0.15) is 0 Å². The third-order valence-electron chi connectivity index (χ3n) is 3.43. The van der Waals surface area contributed by atoms with Crippen LogP contribution in [0.15, 0.2) is 11.8 Å². The Labute approximate surface area is 94.0 Å². The third kappa shape index (κ3) is 3.86. The van der Waals surface area contributed by atoms with Gasteiger partial charge in [0.25, 0.3) is 0 Å². The minimum absolute atomic E-state index is 0.683. The van der Waals surface area contributed by atoms with Gasteiger partial charge in [-0.05, 0) is 24.8 Å². The lowest BCUT2D eigenvalue weighted by atomic mass is 9.86. The number of hydroxylamine groups is 1. The van der Waals surface area contributed by atoms with Gasteiger partial charge in [0.15, 0.2) is 0 Å². The Hall–Kier alpha value is -0.500. The van der Waals surface area contributed by atoms with E-state index >= 15 is 0 Å². The second-order valence-corrected chi connectivity index (χ2v) is 4.48. The summed E-state index contributed by atoms with van der Waals surface area (Å²) in [5.74, 6) is 1.55. The van der Waals surface area contributed by atoms with Crippen molar-refractivity contribution < 1.29 is 4.84 Å². The van der Waals surface area contributed by atoms with Gasteiger partial charge in [-0.25, -0.2) is 0 Å². The van der Waals surface area contributed by atoms with Crippen molar-refractivity contribution in [2.24, 2.45) is 11.8 Å². The normalized spacial score (nSPS) is 17.7. The summed E-state index contributed by atoms with van der Waals surface area (Å²) >= 11 is 0. The van der Waals surface area contributed by atoms with Crippen LogP contribution in [-0.4, -0.2) is 6.61 Å². The quantitative estimate of drug-likeness (QED) is 0.694. The van der Waals surface area contributed by atoms with Crippen LogP contribution in [0.25, 0.3) is 0 Å². The lowest BCUT2D eigenvalue weighted by Gasteiger charge is -2.22. The fourth-order valence-corrected chi connectivity index (χ4v) is 2.32. The minimum atomic E-state index is 0.683. The zero-order valence-electron chi connectivity index (χ0n) is 10.4. The van der Waals surface area contributed by atoms with Gasteiger partial charge in [0, 0.05) is 11.6 Å². The number of hydrogen-bond donors (Lipinski definition) is 1. The molecule has 1 aliphatic rings. The van der Waals surface area contributed by atoms with Gasteiger partial charge in [-0.15, -0.1) is 0 Å². The Morgan fingerprint density at radius 3 is 2.53 bits per heavy atom. The molecule has 2 nitrogen and oxygen atoms in total. The highest BCUT2D eigenvalue weighted by Gasteiger charge is 2.19. The molecule has 0 aromatic heterocycles. The lowest BCUT2D eigenvalue weighted by molar-refractivity contribution is 0.0995. The van der Waals surface area contributed by atoms with Gasteiger partial charge in [0.05, 0.1) is 6.61 Å². The van der Waals surface area contributed by atoms with Crippen LogP contribution in [0.5, 0.6) is 0 Å². The average Bonchev–Trinajstić information content (AvgIpc) is 2.77. The number of hydrogen-bond acceptors (Lipinski definition) is 2. The first-order chi connectivity index (χ1) is 7.31. The molecule has 0 aliphatic carbocycles. The maximum absolute atomic E-state index is 5.19. The Bertz CT molecular complexity index is 197. The van der Waals surface area contributed by atoms with E-state index in [-0.39, 0.29) is 0 Å². The van der Waals surface area contributed by atoms with Crippen molar-refractivity contribution in [3.63, 3.8) is 0 Å². The van der Waals surface area contributed by atoms with Crippen molar-refractivity contribution in [2.45, 2.75) is 52.9 Å². The van der Waals surface area contributed by atoms with E-state index in [2.05, 4.69) is 32.3 Å². The van der Waals surface area contributed by atoms with Gasteiger partial charge in [-0.2, -0.15) is 0 Å². The first kappa shape index (κ1) is 12.6. The predicted octanol–water partition coefficient (Wildman–Crippen LogP) is 3.65. The largest absolute Gasteiger partial charge is 0.272 e. The van der Waals surface area contributed by atoms with Crippen LogP contribution in [0, 0.1) is 11.8 Å². The van der Waals surface area contributed by atoms with Crippen molar-refractivity contribution in [3.8, 4) is 0 Å². The second-order valence-electron chi connectivity index (χ2n) is 4.48. The van der Waals surface area contributed by atoms with E-state index in [1.165, 1.54) is 37.8 Å². The van der Waals surface area contributed by atoms with Crippen LogP contribution < -0.4 is 5.48 Å². The summed E-state index contributed by atoms with van der Waals surface area (Å²) in [6.07, 6.45) is 8.63. The first-order valence-electron chi connectivity index (χ1n) is 6.39. The van der Waals surface area contributed by atoms with E-state index in [1.807, 2.05) is 0 Å². The van der Waals surface area contributed by atoms with Crippen LogP contribution in [0.4, 0.5) is 0 Å². The van der Waals surface area contributed by atoms with Crippen molar-refractivity contribution in [2.75, 3.05) is 6.61 Å². The molecular weight excluding hydrogens is 186 g/mol. The van der Waals surface area contributed by atoms with Gasteiger partial charge >= 0.3 is 0 Å². The molecule has 0 aromatic carbocycles. The standard InChI is InChI=1S/C13H25NO/c1-4-7-12(10-11(5-2)6-3)13-8-9-15-14-13/h8,11-12,14H,4-7,9-10H2,1-3H3. The second kappa shape index (κ2) is 6.89. The highest BCUT2D eigenvalue weighted by molar-refractivity contribution is 5.06. The molecule has 0 bridgehead atoms. The fourth-order valence-electron chi connectivity index (χ4n) is 2.32. The molecule has 88 valence electrons. The maximum Gasteiger partial charge on any atom is 0.0947 e. The molecule has 1 unspecified atom stereocenters. The Morgan fingerprint density at radius 2 is 2.07 bits per heavy atom. The molecule has 0 amide bonds. The van der Waals surface area contributed by atoms with Gasteiger partial charge in [-0.1, -0.05) is 40.0 Å². The highest BCUT2D eigenvalue weighted by Crippen LogP contribution is 2.28. The van der Waals surface area contributed by atoms with Gasteiger partial charge in [0.2, 0.25) is 0 Å². The fraction of sp³-hybridized carbons (Fsp3) is 0.846. The van der Waals surface area contributed by atoms with E-state index in [4.69, 9.17) is 4.84 Å². The van der Waals surface area contributed by atoms with E-state index in [0.717, 1.165) is 12.5 Å². The number of nitrogens with one attached hydrogen (secondary N) is 1. The molecule has 0 fully saturated rings.